The van der Waals surface area contributed by atoms with Gasteiger partial charge >= 0.3 is 5.69 Å². The molecule has 5 nitrogen and oxygen atoms in total. The number of rotatable bonds is 5. The van der Waals surface area contributed by atoms with Gasteiger partial charge in [0.2, 0.25) is 0 Å². The molecule has 142 valence electrons. The summed E-state index contributed by atoms with van der Waals surface area (Å²) in [5.74, 6) is 0.793. The Morgan fingerprint density at radius 2 is 1.24 bits per heavy atom. The van der Waals surface area contributed by atoms with E-state index in [0.717, 1.165) is 22.5 Å². The lowest BCUT2D eigenvalue weighted by molar-refractivity contribution is 0.698. The van der Waals surface area contributed by atoms with Crippen LogP contribution in [0.1, 0.15) is 11.1 Å². The maximum absolute atomic E-state index is 13.4. The number of aromatic nitrogens is 4. The average Bonchev–Trinajstić information content (AvgIpc) is 3.39. The van der Waals surface area contributed by atoms with Gasteiger partial charge in [-0.15, -0.1) is 0 Å². The molecule has 5 aromatic rings. The first-order valence-electron chi connectivity index (χ1n) is 9.61. The van der Waals surface area contributed by atoms with Crippen molar-refractivity contribution in [2.24, 2.45) is 0 Å². The van der Waals surface area contributed by atoms with E-state index in [2.05, 4.69) is 0 Å². The molecule has 5 heteroatoms. The summed E-state index contributed by atoms with van der Waals surface area (Å²) in [7, 11) is 0. The number of benzene rings is 2. The van der Waals surface area contributed by atoms with Crippen LogP contribution in [0.3, 0.4) is 0 Å². The van der Waals surface area contributed by atoms with Crippen LogP contribution in [0.4, 0.5) is 0 Å². The Labute approximate surface area is 168 Å². The molecule has 0 aliphatic carbocycles. The zero-order valence-corrected chi connectivity index (χ0v) is 15.8. The largest absolute Gasteiger partial charge is 0.330 e. The lowest BCUT2D eigenvalue weighted by Crippen LogP contribution is -2.25. The molecule has 0 saturated carbocycles. The van der Waals surface area contributed by atoms with Crippen molar-refractivity contribution in [3.63, 3.8) is 0 Å². The summed E-state index contributed by atoms with van der Waals surface area (Å²) in [4.78, 5) is 18.2. The third-order valence-electron chi connectivity index (χ3n) is 5.08. The van der Waals surface area contributed by atoms with Crippen LogP contribution in [0, 0.1) is 0 Å². The quantitative estimate of drug-likeness (QED) is 0.461. The molecule has 0 aliphatic rings. The Morgan fingerprint density at radius 1 is 0.655 bits per heavy atom. The molecule has 0 atom stereocenters. The van der Waals surface area contributed by atoms with Gasteiger partial charge in [0, 0.05) is 12.4 Å². The number of hydrogen-bond donors (Lipinski definition) is 0. The fraction of sp³-hybridized carbons (Fsp3) is 0.0833. The predicted octanol–water partition coefficient (Wildman–Crippen LogP) is 4.09. The minimum absolute atomic E-state index is 0.0511. The fourth-order valence-corrected chi connectivity index (χ4v) is 3.64. The lowest BCUT2D eigenvalue weighted by atomic mass is 10.2. The summed E-state index contributed by atoms with van der Waals surface area (Å²) in [5, 5.41) is 0. The Hall–Kier alpha value is -3.86. The first-order valence-corrected chi connectivity index (χ1v) is 9.61. The van der Waals surface area contributed by atoms with Gasteiger partial charge in [0.05, 0.1) is 18.6 Å². The summed E-state index contributed by atoms with van der Waals surface area (Å²) in [5.41, 5.74) is 3.64. The molecular formula is C24H20N4O. The molecular weight excluding hydrogens is 360 g/mol. The minimum atomic E-state index is -0.0511. The normalized spacial score (nSPS) is 11.2. The van der Waals surface area contributed by atoms with Crippen LogP contribution in [-0.4, -0.2) is 18.7 Å². The highest BCUT2D eigenvalue weighted by Gasteiger charge is 2.16. The van der Waals surface area contributed by atoms with E-state index in [1.807, 2.05) is 102 Å². The zero-order chi connectivity index (χ0) is 19.6. The standard InChI is InChI=1S/C24H20N4O/c29-24-27(17-19-9-3-1-4-10-19)21-13-14-22(26-15-7-8-16-26)25-23(21)28(24)18-20-11-5-2-6-12-20/h1-16H,17-18H2. The van der Waals surface area contributed by atoms with Crippen molar-refractivity contribution in [2.45, 2.75) is 13.1 Å². The second-order valence-corrected chi connectivity index (χ2v) is 7.03. The Morgan fingerprint density at radius 3 is 1.86 bits per heavy atom. The first kappa shape index (κ1) is 17.3. The summed E-state index contributed by atoms with van der Waals surface area (Å²) >= 11 is 0. The van der Waals surface area contributed by atoms with Crippen LogP contribution in [0.5, 0.6) is 0 Å². The van der Waals surface area contributed by atoms with Crippen molar-refractivity contribution in [1.29, 1.82) is 0 Å². The third kappa shape index (κ3) is 3.27. The maximum atomic E-state index is 13.4. The highest BCUT2D eigenvalue weighted by Crippen LogP contribution is 2.17. The molecule has 0 N–H and O–H groups in total. The molecule has 0 fully saturated rings. The summed E-state index contributed by atoms with van der Waals surface area (Å²) in [6.07, 6.45) is 3.91. The van der Waals surface area contributed by atoms with Crippen molar-refractivity contribution in [1.82, 2.24) is 18.7 Å². The Kier molecular flexibility index (Phi) is 4.33. The Bertz CT molecular complexity index is 1300. The molecule has 0 saturated heterocycles. The van der Waals surface area contributed by atoms with Crippen LogP contribution in [0.25, 0.3) is 17.0 Å². The smallest absolute Gasteiger partial charge is 0.309 e. The summed E-state index contributed by atoms with van der Waals surface area (Å²) in [6.45, 7) is 1.00. The monoisotopic (exact) mass is 380 g/mol. The van der Waals surface area contributed by atoms with Gasteiger partial charge in [-0.25, -0.2) is 9.78 Å². The highest BCUT2D eigenvalue weighted by molar-refractivity contribution is 5.73. The van der Waals surface area contributed by atoms with Gasteiger partial charge in [-0.2, -0.15) is 0 Å². The zero-order valence-electron chi connectivity index (χ0n) is 15.8. The van der Waals surface area contributed by atoms with Crippen LogP contribution < -0.4 is 5.69 Å². The predicted molar refractivity (Wildman–Crippen MR) is 114 cm³/mol. The molecule has 0 aliphatic heterocycles. The highest BCUT2D eigenvalue weighted by atomic mass is 16.1. The van der Waals surface area contributed by atoms with E-state index >= 15 is 0 Å². The van der Waals surface area contributed by atoms with E-state index in [1.54, 1.807) is 9.13 Å². The van der Waals surface area contributed by atoms with Crippen molar-refractivity contribution < 1.29 is 0 Å². The van der Waals surface area contributed by atoms with E-state index in [4.69, 9.17) is 4.98 Å². The van der Waals surface area contributed by atoms with Crippen LogP contribution in [-0.2, 0) is 13.1 Å². The maximum Gasteiger partial charge on any atom is 0.330 e. The third-order valence-corrected chi connectivity index (χ3v) is 5.08. The van der Waals surface area contributed by atoms with Crippen molar-refractivity contribution in [3.05, 3.63) is 119 Å². The second kappa shape index (κ2) is 7.28. The van der Waals surface area contributed by atoms with E-state index in [9.17, 15) is 4.79 Å². The summed E-state index contributed by atoms with van der Waals surface area (Å²) < 4.78 is 5.52. The van der Waals surface area contributed by atoms with E-state index in [0.29, 0.717) is 18.7 Å². The van der Waals surface area contributed by atoms with Gasteiger partial charge in [-0.05, 0) is 35.4 Å². The molecule has 3 aromatic heterocycles. The number of nitrogens with zero attached hydrogens (tertiary/aromatic N) is 4. The molecule has 0 unspecified atom stereocenters. The minimum Gasteiger partial charge on any atom is -0.309 e. The van der Waals surface area contributed by atoms with Gasteiger partial charge < -0.3 is 4.57 Å². The van der Waals surface area contributed by atoms with Crippen molar-refractivity contribution >= 4 is 11.2 Å². The molecule has 0 radical (unpaired) electrons. The molecule has 5 rings (SSSR count). The molecule has 3 heterocycles. The van der Waals surface area contributed by atoms with Crippen molar-refractivity contribution in [2.75, 3.05) is 0 Å². The van der Waals surface area contributed by atoms with E-state index in [-0.39, 0.29) is 5.69 Å². The van der Waals surface area contributed by atoms with Gasteiger partial charge in [-0.1, -0.05) is 60.7 Å². The van der Waals surface area contributed by atoms with E-state index < -0.39 is 0 Å². The number of fused-ring (bicyclic) bond motifs is 1. The SMILES string of the molecule is O=c1n(Cc2ccccc2)c2ccc(-n3cccc3)nc2n1Cc1ccccc1. The molecule has 29 heavy (non-hydrogen) atoms. The number of imidazole rings is 1. The fourth-order valence-electron chi connectivity index (χ4n) is 3.64. The number of hydrogen-bond acceptors (Lipinski definition) is 2. The van der Waals surface area contributed by atoms with Crippen molar-refractivity contribution in [3.8, 4) is 5.82 Å². The molecule has 0 bridgehead atoms. The molecule has 2 aromatic carbocycles. The molecule has 0 spiro atoms. The van der Waals surface area contributed by atoms with Gasteiger partial charge in [0.1, 0.15) is 5.82 Å². The number of pyridine rings is 1. The molecule has 0 amide bonds. The summed E-state index contributed by atoms with van der Waals surface area (Å²) in [6, 6.07) is 27.9. The second-order valence-electron chi connectivity index (χ2n) is 7.03. The van der Waals surface area contributed by atoms with Crippen LogP contribution in [0.2, 0.25) is 0 Å². The Balaban J connectivity index is 1.68. The van der Waals surface area contributed by atoms with E-state index in [1.165, 1.54) is 0 Å². The van der Waals surface area contributed by atoms with Gasteiger partial charge in [0.25, 0.3) is 0 Å². The van der Waals surface area contributed by atoms with Crippen LogP contribution >= 0.6 is 0 Å². The average molecular weight is 380 g/mol. The van der Waals surface area contributed by atoms with Gasteiger partial charge in [0.15, 0.2) is 5.65 Å². The first-order chi connectivity index (χ1) is 14.3. The van der Waals surface area contributed by atoms with Gasteiger partial charge in [-0.3, -0.25) is 9.13 Å². The topological polar surface area (TPSA) is 44.8 Å². The lowest BCUT2D eigenvalue weighted by Gasteiger charge is -2.05. The van der Waals surface area contributed by atoms with Crippen LogP contribution in [0.15, 0.2) is 102 Å².